The summed E-state index contributed by atoms with van der Waals surface area (Å²) in [4.78, 5) is 11.5. The first-order chi connectivity index (χ1) is 12.4. The van der Waals surface area contributed by atoms with Crippen LogP contribution in [-0.2, 0) is 21.2 Å². The molecule has 1 aliphatic carbocycles. The fraction of sp³-hybridized carbons (Fsp3) is 0.158. The summed E-state index contributed by atoms with van der Waals surface area (Å²) < 4.78 is 32.5. The third-order valence-corrected chi connectivity index (χ3v) is 5.63. The lowest BCUT2D eigenvalue weighted by Crippen LogP contribution is -2.15. The van der Waals surface area contributed by atoms with E-state index in [0.717, 1.165) is 16.7 Å². The molecule has 0 bridgehead atoms. The summed E-state index contributed by atoms with van der Waals surface area (Å²) >= 11 is 0. The molecule has 0 spiro atoms. The van der Waals surface area contributed by atoms with Crippen molar-refractivity contribution in [3.05, 3.63) is 64.7 Å². The molecule has 3 rings (SSSR count). The van der Waals surface area contributed by atoms with Crippen LogP contribution >= 0.6 is 0 Å². The van der Waals surface area contributed by atoms with E-state index in [1.807, 2.05) is 6.92 Å². The van der Waals surface area contributed by atoms with Crippen molar-refractivity contribution in [1.29, 1.82) is 5.26 Å². The predicted octanol–water partition coefficient (Wildman–Crippen LogP) is 3.05. The van der Waals surface area contributed by atoms with Gasteiger partial charge < -0.3 is 4.74 Å². The van der Waals surface area contributed by atoms with Gasteiger partial charge in [-0.2, -0.15) is 5.26 Å². The van der Waals surface area contributed by atoms with Crippen molar-refractivity contribution < 1.29 is 17.9 Å². The average molecular weight is 368 g/mol. The Hall–Kier alpha value is -3.11. The first-order valence-electron chi connectivity index (χ1n) is 7.81. The minimum absolute atomic E-state index is 0.0333. The van der Waals surface area contributed by atoms with E-state index < -0.39 is 16.0 Å². The molecular weight excluding hydrogens is 352 g/mol. The fourth-order valence-corrected chi connectivity index (χ4v) is 4.04. The number of esters is 1. The number of hydrogen-bond donors (Lipinski definition) is 1. The number of nitrogens with one attached hydrogen (secondary N) is 1. The number of fused-ring (bicyclic) bond motifs is 1. The zero-order valence-electron chi connectivity index (χ0n) is 14.2. The van der Waals surface area contributed by atoms with Gasteiger partial charge in [0.05, 0.1) is 34.9 Å². The Balaban J connectivity index is 1.94. The van der Waals surface area contributed by atoms with E-state index in [9.17, 15) is 18.5 Å². The van der Waals surface area contributed by atoms with E-state index in [1.54, 1.807) is 18.2 Å². The summed E-state index contributed by atoms with van der Waals surface area (Å²) in [6.45, 7) is 1.89. The number of sulfonamides is 1. The van der Waals surface area contributed by atoms with E-state index >= 15 is 0 Å². The monoisotopic (exact) mass is 368 g/mol. The average Bonchev–Trinajstić information content (AvgIpc) is 3.09. The van der Waals surface area contributed by atoms with E-state index in [-0.39, 0.29) is 10.5 Å². The third-order valence-electron chi connectivity index (χ3n) is 4.25. The maximum absolute atomic E-state index is 12.7. The molecule has 0 heterocycles. The Morgan fingerprint density at radius 1 is 1.19 bits per heavy atom. The lowest BCUT2D eigenvalue weighted by molar-refractivity contribution is 0.0600. The number of anilines is 1. The third kappa shape index (κ3) is 3.07. The summed E-state index contributed by atoms with van der Waals surface area (Å²) in [7, 11) is -2.57. The van der Waals surface area contributed by atoms with Crippen LogP contribution in [0.3, 0.4) is 0 Å². The number of nitrogens with zero attached hydrogens (tertiary/aromatic N) is 1. The van der Waals surface area contributed by atoms with Gasteiger partial charge in [0.15, 0.2) is 0 Å². The van der Waals surface area contributed by atoms with E-state index in [1.165, 1.54) is 31.4 Å². The van der Waals surface area contributed by atoms with Crippen LogP contribution < -0.4 is 4.72 Å². The highest BCUT2D eigenvalue weighted by molar-refractivity contribution is 7.92. The van der Waals surface area contributed by atoms with Gasteiger partial charge in [-0.15, -0.1) is 0 Å². The number of benzene rings is 2. The highest BCUT2D eigenvalue weighted by Gasteiger charge is 2.23. The molecule has 0 radical (unpaired) electrons. The van der Waals surface area contributed by atoms with Crippen molar-refractivity contribution in [1.82, 2.24) is 0 Å². The van der Waals surface area contributed by atoms with Crippen molar-refractivity contribution in [2.45, 2.75) is 18.2 Å². The Kier molecular flexibility index (Phi) is 4.53. The minimum Gasteiger partial charge on any atom is -0.465 e. The van der Waals surface area contributed by atoms with Crippen LogP contribution in [0.1, 0.15) is 27.0 Å². The largest absolute Gasteiger partial charge is 0.465 e. The topological polar surface area (TPSA) is 96.3 Å². The van der Waals surface area contributed by atoms with Crippen LogP contribution in [0.25, 0.3) is 5.57 Å². The molecule has 26 heavy (non-hydrogen) atoms. The smallest absolute Gasteiger partial charge is 0.337 e. The Bertz CT molecular complexity index is 1060. The number of aryl methyl sites for hydroxylation is 1. The molecule has 0 saturated heterocycles. The van der Waals surface area contributed by atoms with E-state index in [2.05, 4.69) is 15.5 Å². The van der Waals surface area contributed by atoms with Crippen LogP contribution in [-0.4, -0.2) is 21.5 Å². The number of ether oxygens (including phenoxy) is 1. The van der Waals surface area contributed by atoms with Crippen LogP contribution in [0.15, 0.2) is 47.4 Å². The van der Waals surface area contributed by atoms with Crippen molar-refractivity contribution in [3.63, 3.8) is 0 Å². The van der Waals surface area contributed by atoms with Gasteiger partial charge in [0, 0.05) is 5.56 Å². The maximum atomic E-state index is 12.7. The SMILES string of the molecule is COC(=O)c1ccc(S(=O)(=O)Nc2ccc(C)c3c2CC=C3C#N)cc1. The summed E-state index contributed by atoms with van der Waals surface area (Å²) in [5.41, 5.74) is 3.77. The lowest BCUT2D eigenvalue weighted by atomic mass is 9.99. The molecule has 0 aromatic heterocycles. The molecule has 0 unspecified atom stereocenters. The van der Waals surface area contributed by atoms with Gasteiger partial charge in [-0.3, -0.25) is 4.72 Å². The number of rotatable bonds is 4. The molecule has 6 nitrogen and oxygen atoms in total. The van der Waals surface area contributed by atoms with Gasteiger partial charge in [-0.1, -0.05) is 12.1 Å². The molecule has 132 valence electrons. The van der Waals surface area contributed by atoms with E-state index in [4.69, 9.17) is 0 Å². The highest BCUT2D eigenvalue weighted by atomic mass is 32.2. The second-order valence-corrected chi connectivity index (χ2v) is 7.52. The molecule has 7 heteroatoms. The minimum atomic E-state index is -3.83. The van der Waals surface area contributed by atoms with Crippen molar-refractivity contribution >= 4 is 27.3 Å². The normalized spacial score (nSPS) is 12.7. The second kappa shape index (κ2) is 6.65. The molecule has 0 saturated carbocycles. The number of nitriles is 1. The van der Waals surface area contributed by atoms with Crippen LogP contribution in [0.2, 0.25) is 0 Å². The summed E-state index contributed by atoms with van der Waals surface area (Å²) in [5.74, 6) is -0.534. The summed E-state index contributed by atoms with van der Waals surface area (Å²) in [6.07, 6.45) is 2.29. The molecule has 0 amide bonds. The van der Waals surface area contributed by atoms with Gasteiger partial charge in [0.2, 0.25) is 0 Å². The second-order valence-electron chi connectivity index (χ2n) is 5.84. The molecule has 0 aliphatic heterocycles. The van der Waals surface area contributed by atoms with Crippen molar-refractivity contribution in [2.24, 2.45) is 0 Å². The van der Waals surface area contributed by atoms with Gasteiger partial charge in [-0.05, 0) is 54.8 Å². The zero-order valence-corrected chi connectivity index (χ0v) is 15.1. The summed E-state index contributed by atoms with van der Waals surface area (Å²) in [5, 5.41) is 9.24. The number of allylic oxidation sites excluding steroid dienone is 2. The van der Waals surface area contributed by atoms with Gasteiger partial charge in [0.1, 0.15) is 0 Å². The number of hydrogen-bond acceptors (Lipinski definition) is 5. The standard InChI is InChI=1S/C19H16N2O4S/c1-12-3-10-17(16-9-6-14(11-20)18(12)16)21-26(23,24)15-7-4-13(5-8-15)19(22)25-2/h3-8,10,21H,9H2,1-2H3. The van der Waals surface area contributed by atoms with Crippen molar-refractivity contribution in [3.8, 4) is 6.07 Å². The lowest BCUT2D eigenvalue weighted by Gasteiger charge is -2.14. The Morgan fingerprint density at radius 2 is 1.88 bits per heavy atom. The summed E-state index contributed by atoms with van der Waals surface area (Å²) in [6, 6.07) is 11.1. The molecule has 1 aliphatic rings. The van der Waals surface area contributed by atoms with Crippen LogP contribution in [0.5, 0.6) is 0 Å². The van der Waals surface area contributed by atoms with Crippen LogP contribution in [0.4, 0.5) is 5.69 Å². The van der Waals surface area contributed by atoms with Crippen LogP contribution in [0, 0.1) is 18.3 Å². The van der Waals surface area contributed by atoms with Gasteiger partial charge in [0.25, 0.3) is 10.0 Å². The molecule has 0 atom stereocenters. The quantitative estimate of drug-likeness (QED) is 0.837. The highest BCUT2D eigenvalue weighted by Crippen LogP contribution is 2.35. The first-order valence-corrected chi connectivity index (χ1v) is 9.30. The Labute approximate surface area is 151 Å². The molecule has 1 N–H and O–H groups in total. The van der Waals surface area contributed by atoms with Gasteiger partial charge >= 0.3 is 5.97 Å². The first kappa shape index (κ1) is 17.7. The Morgan fingerprint density at radius 3 is 2.50 bits per heavy atom. The molecule has 2 aromatic carbocycles. The van der Waals surface area contributed by atoms with Crippen molar-refractivity contribution in [2.75, 3.05) is 11.8 Å². The van der Waals surface area contributed by atoms with Gasteiger partial charge in [-0.25, -0.2) is 13.2 Å². The maximum Gasteiger partial charge on any atom is 0.337 e. The fourth-order valence-electron chi connectivity index (χ4n) is 2.95. The predicted molar refractivity (Wildman–Crippen MR) is 97.1 cm³/mol. The molecular formula is C19H16N2O4S. The zero-order chi connectivity index (χ0) is 18.9. The number of carbonyl (C=O) groups excluding carboxylic acids is 1. The molecule has 0 fully saturated rings. The molecule has 2 aromatic rings. The number of methoxy groups -OCH3 is 1. The van der Waals surface area contributed by atoms with E-state index in [0.29, 0.717) is 17.7 Å². The number of carbonyl (C=O) groups is 1.